The summed E-state index contributed by atoms with van der Waals surface area (Å²) in [4.78, 5) is 26.5. The van der Waals surface area contributed by atoms with Gasteiger partial charge in [0.25, 0.3) is 0 Å². The number of esters is 1. The van der Waals surface area contributed by atoms with Gasteiger partial charge in [-0.3, -0.25) is 4.79 Å². The van der Waals surface area contributed by atoms with Crippen LogP contribution < -0.4 is 10.6 Å². The average molecular weight is 249 g/mol. The van der Waals surface area contributed by atoms with E-state index < -0.39 is 5.97 Å². The Kier molecular flexibility index (Phi) is 3.76. The molecule has 1 atom stereocenters. The summed E-state index contributed by atoms with van der Waals surface area (Å²) in [5.74, 6) is 0.292. The van der Waals surface area contributed by atoms with Crippen LogP contribution in [0.5, 0.6) is 0 Å². The van der Waals surface area contributed by atoms with Gasteiger partial charge in [-0.2, -0.15) is 0 Å². The Balaban J connectivity index is 2.01. The molecule has 1 saturated heterocycles. The third kappa shape index (κ3) is 2.97. The van der Waals surface area contributed by atoms with Gasteiger partial charge in [0.1, 0.15) is 5.82 Å². The second-order valence-electron chi connectivity index (χ2n) is 4.11. The first-order valence-electron chi connectivity index (χ1n) is 5.76. The van der Waals surface area contributed by atoms with Crippen LogP contribution in [0.25, 0.3) is 0 Å². The molecule has 0 saturated carbocycles. The Morgan fingerprint density at radius 3 is 3.11 bits per heavy atom. The topological polar surface area (TPSA) is 80.3 Å². The maximum atomic E-state index is 11.4. The highest BCUT2D eigenvalue weighted by Gasteiger charge is 2.18. The zero-order valence-electron chi connectivity index (χ0n) is 10.1. The van der Waals surface area contributed by atoms with Crippen molar-refractivity contribution in [3.63, 3.8) is 0 Å². The van der Waals surface area contributed by atoms with Gasteiger partial charge in [-0.25, -0.2) is 9.78 Å². The molecule has 1 aromatic heterocycles. The number of carbonyl (C=O) groups is 2. The minimum atomic E-state index is -0.391. The summed E-state index contributed by atoms with van der Waals surface area (Å²) in [5, 5.41) is 5.97. The largest absolute Gasteiger partial charge is 0.465 e. The predicted molar refractivity (Wildman–Crippen MR) is 65.2 cm³/mol. The zero-order valence-corrected chi connectivity index (χ0v) is 10.1. The lowest BCUT2D eigenvalue weighted by Crippen LogP contribution is -2.42. The number of rotatable bonds is 3. The summed E-state index contributed by atoms with van der Waals surface area (Å²) in [5.41, 5.74) is 0.454. The fourth-order valence-electron chi connectivity index (χ4n) is 1.82. The lowest BCUT2D eigenvalue weighted by Gasteiger charge is -2.23. The molecule has 0 aromatic carbocycles. The van der Waals surface area contributed by atoms with Crippen LogP contribution in [0.15, 0.2) is 18.3 Å². The summed E-state index contributed by atoms with van der Waals surface area (Å²) >= 11 is 0. The number of hydrogen-bond donors (Lipinski definition) is 2. The van der Waals surface area contributed by atoms with Gasteiger partial charge >= 0.3 is 5.97 Å². The van der Waals surface area contributed by atoms with Crippen LogP contribution in [-0.4, -0.2) is 36.6 Å². The van der Waals surface area contributed by atoms with Crippen LogP contribution >= 0.6 is 0 Å². The predicted octanol–water partition coefficient (Wildman–Crippen LogP) is 0.559. The quantitative estimate of drug-likeness (QED) is 0.765. The highest BCUT2D eigenvalue weighted by Crippen LogP contribution is 2.12. The van der Waals surface area contributed by atoms with E-state index in [-0.39, 0.29) is 11.9 Å². The third-order valence-corrected chi connectivity index (χ3v) is 2.80. The standard InChI is InChI=1S/C12H15N3O3/c1-18-12(17)8-4-5-13-10(6-8)15-9-2-3-11(16)14-7-9/h4-6,9H,2-3,7H2,1H3,(H,13,15)(H,14,16). The van der Waals surface area contributed by atoms with Crippen LogP contribution in [0, 0.1) is 0 Å². The van der Waals surface area contributed by atoms with Crippen LogP contribution in [0.3, 0.4) is 0 Å². The minimum Gasteiger partial charge on any atom is -0.465 e. The lowest BCUT2D eigenvalue weighted by atomic mass is 10.1. The highest BCUT2D eigenvalue weighted by atomic mass is 16.5. The van der Waals surface area contributed by atoms with E-state index in [1.165, 1.54) is 7.11 Å². The van der Waals surface area contributed by atoms with E-state index >= 15 is 0 Å². The van der Waals surface area contributed by atoms with Crippen LogP contribution in [-0.2, 0) is 9.53 Å². The molecule has 0 spiro atoms. The zero-order chi connectivity index (χ0) is 13.0. The maximum Gasteiger partial charge on any atom is 0.338 e. The normalized spacial score (nSPS) is 18.9. The molecule has 1 unspecified atom stereocenters. The van der Waals surface area contributed by atoms with E-state index in [1.807, 2.05) is 0 Å². The Bertz CT molecular complexity index is 452. The van der Waals surface area contributed by atoms with Crippen LogP contribution in [0.4, 0.5) is 5.82 Å². The molecule has 1 aliphatic rings. The van der Waals surface area contributed by atoms with Crippen LogP contribution in [0.2, 0.25) is 0 Å². The molecular weight excluding hydrogens is 234 g/mol. The van der Waals surface area contributed by atoms with E-state index in [2.05, 4.69) is 20.4 Å². The van der Waals surface area contributed by atoms with Crippen molar-refractivity contribution in [1.82, 2.24) is 10.3 Å². The molecule has 0 bridgehead atoms. The number of hydrogen-bond acceptors (Lipinski definition) is 5. The second kappa shape index (κ2) is 5.48. The van der Waals surface area contributed by atoms with Gasteiger partial charge in [-0.1, -0.05) is 0 Å². The first kappa shape index (κ1) is 12.3. The van der Waals surface area contributed by atoms with Crippen molar-refractivity contribution < 1.29 is 14.3 Å². The molecule has 2 heterocycles. The monoisotopic (exact) mass is 249 g/mol. The number of pyridine rings is 1. The number of amides is 1. The molecule has 2 rings (SSSR count). The molecule has 1 fully saturated rings. The van der Waals surface area contributed by atoms with Crippen molar-refractivity contribution in [1.29, 1.82) is 0 Å². The lowest BCUT2D eigenvalue weighted by molar-refractivity contribution is -0.122. The first-order chi connectivity index (χ1) is 8.69. The van der Waals surface area contributed by atoms with Crippen molar-refractivity contribution in [2.45, 2.75) is 18.9 Å². The number of anilines is 1. The average Bonchev–Trinajstić information content (AvgIpc) is 2.41. The van der Waals surface area contributed by atoms with Gasteiger partial charge in [0, 0.05) is 25.2 Å². The Labute approximate surface area is 105 Å². The van der Waals surface area contributed by atoms with E-state index in [0.717, 1.165) is 6.42 Å². The molecule has 2 N–H and O–H groups in total. The van der Waals surface area contributed by atoms with Gasteiger partial charge in [-0.05, 0) is 18.6 Å². The molecular formula is C12H15N3O3. The first-order valence-corrected chi connectivity index (χ1v) is 5.76. The Morgan fingerprint density at radius 1 is 1.61 bits per heavy atom. The fourth-order valence-corrected chi connectivity index (χ4v) is 1.82. The van der Waals surface area contributed by atoms with Crippen LogP contribution in [0.1, 0.15) is 23.2 Å². The summed E-state index contributed by atoms with van der Waals surface area (Å²) in [6.07, 6.45) is 2.82. The minimum absolute atomic E-state index is 0.0734. The van der Waals surface area contributed by atoms with Gasteiger partial charge in [-0.15, -0.1) is 0 Å². The van der Waals surface area contributed by atoms with Crippen molar-refractivity contribution in [3.05, 3.63) is 23.9 Å². The van der Waals surface area contributed by atoms with Gasteiger partial charge in [0.2, 0.25) is 5.91 Å². The number of piperidine rings is 1. The molecule has 6 heteroatoms. The van der Waals surface area contributed by atoms with E-state index in [9.17, 15) is 9.59 Å². The molecule has 0 aliphatic carbocycles. The number of nitrogens with zero attached hydrogens (tertiary/aromatic N) is 1. The third-order valence-electron chi connectivity index (χ3n) is 2.80. The second-order valence-corrected chi connectivity index (χ2v) is 4.11. The summed E-state index contributed by atoms with van der Waals surface area (Å²) in [6, 6.07) is 3.38. The fraction of sp³-hybridized carbons (Fsp3) is 0.417. The molecule has 6 nitrogen and oxygen atoms in total. The SMILES string of the molecule is COC(=O)c1ccnc(NC2CCC(=O)NC2)c1. The van der Waals surface area contributed by atoms with E-state index in [4.69, 9.17) is 0 Å². The number of carbonyl (C=O) groups excluding carboxylic acids is 2. The number of aromatic nitrogens is 1. The van der Waals surface area contributed by atoms with E-state index in [0.29, 0.717) is 24.3 Å². The van der Waals surface area contributed by atoms with E-state index in [1.54, 1.807) is 18.3 Å². The van der Waals surface area contributed by atoms with Gasteiger partial charge in [0.05, 0.1) is 12.7 Å². The summed E-state index contributed by atoms with van der Waals surface area (Å²) in [6.45, 7) is 0.572. The Morgan fingerprint density at radius 2 is 2.44 bits per heavy atom. The van der Waals surface area contributed by atoms with Crippen molar-refractivity contribution >= 4 is 17.7 Å². The number of methoxy groups -OCH3 is 1. The van der Waals surface area contributed by atoms with Gasteiger partial charge < -0.3 is 15.4 Å². The highest BCUT2D eigenvalue weighted by molar-refractivity contribution is 5.90. The van der Waals surface area contributed by atoms with Crippen molar-refractivity contribution in [3.8, 4) is 0 Å². The molecule has 1 amide bonds. The Hall–Kier alpha value is -2.11. The van der Waals surface area contributed by atoms with Crippen molar-refractivity contribution in [2.24, 2.45) is 0 Å². The molecule has 0 radical (unpaired) electrons. The number of ether oxygens (including phenoxy) is 1. The van der Waals surface area contributed by atoms with Gasteiger partial charge in [0.15, 0.2) is 0 Å². The smallest absolute Gasteiger partial charge is 0.338 e. The molecule has 1 aromatic rings. The summed E-state index contributed by atoms with van der Waals surface area (Å²) in [7, 11) is 1.34. The maximum absolute atomic E-state index is 11.4. The van der Waals surface area contributed by atoms with Crippen molar-refractivity contribution in [2.75, 3.05) is 19.0 Å². The summed E-state index contributed by atoms with van der Waals surface area (Å²) < 4.78 is 4.64. The number of nitrogens with one attached hydrogen (secondary N) is 2. The molecule has 1 aliphatic heterocycles. The molecule has 18 heavy (non-hydrogen) atoms. The molecule has 96 valence electrons.